The van der Waals surface area contributed by atoms with Crippen LogP contribution < -0.4 is 4.72 Å². The van der Waals surface area contributed by atoms with Crippen molar-refractivity contribution in [2.24, 2.45) is 5.92 Å². The molecule has 1 aromatic carbocycles. The van der Waals surface area contributed by atoms with Crippen LogP contribution in [-0.4, -0.2) is 54.2 Å². The highest BCUT2D eigenvalue weighted by molar-refractivity contribution is 7.89. The van der Waals surface area contributed by atoms with E-state index in [1.807, 2.05) is 35.2 Å². The van der Waals surface area contributed by atoms with Gasteiger partial charge in [-0.25, -0.2) is 13.1 Å². The topological polar surface area (TPSA) is 105 Å². The van der Waals surface area contributed by atoms with Crippen molar-refractivity contribution in [2.45, 2.75) is 56.4 Å². The molecule has 0 bridgehead atoms. The molecule has 1 aromatic heterocycles. The van der Waals surface area contributed by atoms with Gasteiger partial charge >= 0.3 is 0 Å². The number of carbonyl (C=O) groups excluding carboxylic acids is 1. The van der Waals surface area contributed by atoms with Crippen molar-refractivity contribution in [3.8, 4) is 0 Å². The number of aryl methyl sites for hydroxylation is 1. The number of benzene rings is 1. The highest BCUT2D eigenvalue weighted by Gasteiger charge is 2.62. The van der Waals surface area contributed by atoms with Crippen molar-refractivity contribution in [3.05, 3.63) is 47.6 Å². The van der Waals surface area contributed by atoms with Crippen LogP contribution in [0.4, 0.5) is 0 Å². The third kappa shape index (κ3) is 3.38. The second kappa shape index (κ2) is 7.13. The molecule has 9 heteroatoms. The first kappa shape index (κ1) is 20.6. The Labute approximate surface area is 182 Å². The molecule has 3 fully saturated rings. The SMILES string of the molecule is CCS(=O)(=O)NC1CC2CN(C(=O)C3(c4ccccc4)CC3)CC2(c2nc(C)no2)C1. The quantitative estimate of drug-likeness (QED) is 0.730. The third-order valence-corrected chi connectivity index (χ3v) is 8.78. The molecule has 3 aliphatic rings. The Morgan fingerprint density at radius 3 is 2.65 bits per heavy atom. The van der Waals surface area contributed by atoms with E-state index in [0.29, 0.717) is 37.6 Å². The van der Waals surface area contributed by atoms with Crippen LogP contribution in [0.15, 0.2) is 34.9 Å². The zero-order chi connectivity index (χ0) is 21.9. The van der Waals surface area contributed by atoms with Crippen molar-refractivity contribution < 1.29 is 17.7 Å². The summed E-state index contributed by atoms with van der Waals surface area (Å²) >= 11 is 0. The van der Waals surface area contributed by atoms with Gasteiger partial charge in [-0.2, -0.15) is 4.98 Å². The Bertz CT molecular complexity index is 1100. The average Bonchev–Trinajstić information content (AvgIpc) is 3.15. The minimum atomic E-state index is -3.31. The largest absolute Gasteiger partial charge is 0.341 e. The van der Waals surface area contributed by atoms with Gasteiger partial charge in [-0.15, -0.1) is 0 Å². The number of hydrogen-bond donors (Lipinski definition) is 1. The summed E-state index contributed by atoms with van der Waals surface area (Å²) in [6, 6.07) is 9.81. The Morgan fingerprint density at radius 2 is 2.03 bits per heavy atom. The minimum absolute atomic E-state index is 0.0467. The maximum atomic E-state index is 13.6. The fourth-order valence-corrected chi connectivity index (χ4v) is 6.45. The van der Waals surface area contributed by atoms with E-state index in [2.05, 4.69) is 14.9 Å². The summed E-state index contributed by atoms with van der Waals surface area (Å²) in [7, 11) is -3.31. The van der Waals surface area contributed by atoms with E-state index >= 15 is 0 Å². The smallest absolute Gasteiger partial charge is 0.235 e. The molecule has 1 amide bonds. The molecule has 8 nitrogen and oxygen atoms in total. The molecule has 1 N–H and O–H groups in total. The third-order valence-electron chi connectivity index (χ3n) is 7.33. The molecule has 3 unspecified atom stereocenters. The number of sulfonamides is 1. The lowest BCUT2D eigenvalue weighted by atomic mass is 9.80. The lowest BCUT2D eigenvalue weighted by Gasteiger charge is -2.28. The van der Waals surface area contributed by atoms with Gasteiger partial charge in [-0.1, -0.05) is 35.5 Å². The van der Waals surface area contributed by atoms with E-state index in [9.17, 15) is 13.2 Å². The Hall–Kier alpha value is -2.26. The molecule has 2 aliphatic carbocycles. The zero-order valence-electron chi connectivity index (χ0n) is 17.9. The molecule has 0 radical (unpaired) electrons. The van der Waals surface area contributed by atoms with Gasteiger partial charge in [-0.3, -0.25) is 4.79 Å². The van der Waals surface area contributed by atoms with Crippen molar-refractivity contribution >= 4 is 15.9 Å². The molecule has 0 spiro atoms. The van der Waals surface area contributed by atoms with Crippen LogP contribution in [0.3, 0.4) is 0 Å². The summed E-state index contributed by atoms with van der Waals surface area (Å²) in [6.45, 7) is 4.47. The Kier molecular flexibility index (Phi) is 4.75. The van der Waals surface area contributed by atoms with Gasteiger partial charge in [-0.05, 0) is 51.0 Å². The van der Waals surface area contributed by atoms with Gasteiger partial charge in [0.15, 0.2) is 5.82 Å². The molecule has 2 aromatic rings. The van der Waals surface area contributed by atoms with E-state index < -0.39 is 20.9 Å². The van der Waals surface area contributed by atoms with Crippen LogP contribution >= 0.6 is 0 Å². The fraction of sp³-hybridized carbons (Fsp3) is 0.591. The Balaban J connectivity index is 1.43. The maximum absolute atomic E-state index is 13.6. The van der Waals surface area contributed by atoms with E-state index in [1.54, 1.807) is 13.8 Å². The van der Waals surface area contributed by atoms with Gasteiger partial charge in [0.05, 0.1) is 16.6 Å². The number of likely N-dealkylation sites (tertiary alicyclic amines) is 1. The van der Waals surface area contributed by atoms with Crippen molar-refractivity contribution in [3.63, 3.8) is 0 Å². The monoisotopic (exact) mass is 444 g/mol. The predicted molar refractivity (Wildman–Crippen MR) is 114 cm³/mol. The number of nitrogens with one attached hydrogen (secondary N) is 1. The molecule has 3 atom stereocenters. The number of nitrogens with zero attached hydrogens (tertiary/aromatic N) is 3. The summed E-state index contributed by atoms with van der Waals surface area (Å²) in [4.78, 5) is 20.1. The highest BCUT2D eigenvalue weighted by atomic mass is 32.2. The molecular formula is C22H28N4O4S. The Morgan fingerprint density at radius 1 is 1.29 bits per heavy atom. The number of aromatic nitrogens is 2. The van der Waals surface area contributed by atoms with Gasteiger partial charge in [0.25, 0.3) is 0 Å². The van der Waals surface area contributed by atoms with Crippen LogP contribution in [0.2, 0.25) is 0 Å². The van der Waals surface area contributed by atoms with E-state index in [4.69, 9.17) is 4.52 Å². The zero-order valence-corrected chi connectivity index (χ0v) is 18.7. The fourth-order valence-electron chi connectivity index (χ4n) is 5.59. The van der Waals surface area contributed by atoms with Crippen LogP contribution in [-0.2, 0) is 25.6 Å². The summed E-state index contributed by atoms with van der Waals surface area (Å²) in [5, 5.41) is 3.98. The molecule has 166 valence electrons. The first-order valence-electron chi connectivity index (χ1n) is 10.9. The van der Waals surface area contributed by atoms with Gasteiger partial charge in [0.1, 0.15) is 0 Å². The van der Waals surface area contributed by atoms with Gasteiger partial charge < -0.3 is 9.42 Å². The summed E-state index contributed by atoms with van der Waals surface area (Å²) < 4.78 is 32.7. The van der Waals surface area contributed by atoms with Crippen LogP contribution in [0.5, 0.6) is 0 Å². The second-order valence-electron chi connectivity index (χ2n) is 9.29. The number of amides is 1. The van der Waals surface area contributed by atoms with E-state index in [0.717, 1.165) is 18.4 Å². The van der Waals surface area contributed by atoms with Gasteiger partial charge in [0, 0.05) is 19.1 Å². The average molecular weight is 445 g/mol. The standard InChI is InChI=1S/C22H28N4O4S/c1-3-31(28,29)25-18-11-17-13-26(14-22(17,12-18)19-23-15(2)24-30-19)20(27)21(9-10-21)16-7-5-4-6-8-16/h4-8,17-18,25H,3,9-14H2,1-2H3. The van der Waals surface area contributed by atoms with Crippen LogP contribution in [0, 0.1) is 12.8 Å². The first-order chi connectivity index (χ1) is 14.8. The molecule has 2 heterocycles. The second-order valence-corrected chi connectivity index (χ2v) is 11.3. The van der Waals surface area contributed by atoms with Crippen molar-refractivity contribution in [1.29, 1.82) is 0 Å². The summed E-state index contributed by atoms with van der Waals surface area (Å²) in [5.74, 6) is 1.36. The normalized spacial score (nSPS) is 29.2. The van der Waals surface area contributed by atoms with Gasteiger partial charge in [0.2, 0.25) is 21.8 Å². The lowest BCUT2D eigenvalue weighted by Crippen LogP contribution is -2.42. The summed E-state index contributed by atoms with van der Waals surface area (Å²) in [5.41, 5.74) is 0.146. The van der Waals surface area contributed by atoms with Crippen LogP contribution in [0.1, 0.15) is 49.9 Å². The maximum Gasteiger partial charge on any atom is 0.235 e. The first-order valence-corrected chi connectivity index (χ1v) is 12.6. The molecule has 1 saturated heterocycles. The molecular weight excluding hydrogens is 416 g/mol. The molecule has 31 heavy (non-hydrogen) atoms. The van der Waals surface area contributed by atoms with Crippen molar-refractivity contribution in [2.75, 3.05) is 18.8 Å². The van der Waals surface area contributed by atoms with Crippen LogP contribution in [0.25, 0.3) is 0 Å². The number of hydrogen-bond acceptors (Lipinski definition) is 6. The summed E-state index contributed by atoms with van der Waals surface area (Å²) in [6.07, 6.45) is 2.94. The molecule has 2 saturated carbocycles. The molecule has 1 aliphatic heterocycles. The van der Waals surface area contributed by atoms with E-state index in [-0.39, 0.29) is 23.6 Å². The van der Waals surface area contributed by atoms with E-state index in [1.165, 1.54) is 0 Å². The lowest BCUT2D eigenvalue weighted by molar-refractivity contribution is -0.133. The molecule has 5 rings (SSSR count). The van der Waals surface area contributed by atoms with Crippen molar-refractivity contribution in [1.82, 2.24) is 19.8 Å². The predicted octanol–water partition coefficient (Wildman–Crippen LogP) is 1.91. The number of carbonyl (C=O) groups is 1. The minimum Gasteiger partial charge on any atom is -0.341 e. The number of rotatable bonds is 6. The highest BCUT2D eigenvalue weighted by Crippen LogP contribution is 2.54. The number of fused-ring (bicyclic) bond motifs is 1.